The molecule has 0 aliphatic carbocycles. The third kappa shape index (κ3) is 4.55. The van der Waals surface area contributed by atoms with Gasteiger partial charge in [-0.1, -0.05) is 12.1 Å². The molecule has 2 rings (SSSR count). The van der Waals surface area contributed by atoms with Crippen LogP contribution in [-0.4, -0.2) is 43.4 Å². The van der Waals surface area contributed by atoms with E-state index in [1.54, 1.807) is 13.3 Å². The molecule has 0 bridgehead atoms. The van der Waals surface area contributed by atoms with Crippen molar-refractivity contribution in [1.29, 1.82) is 0 Å². The van der Waals surface area contributed by atoms with Crippen LogP contribution in [0.2, 0.25) is 0 Å². The Morgan fingerprint density at radius 3 is 2.79 bits per heavy atom. The zero-order valence-electron chi connectivity index (χ0n) is 11.1. The van der Waals surface area contributed by atoms with Crippen LogP contribution in [-0.2, 0) is 16.0 Å². The summed E-state index contributed by atoms with van der Waals surface area (Å²) < 4.78 is 10.3. The molecule has 0 amide bonds. The maximum atomic E-state index is 5.36. The third-order valence-electron chi connectivity index (χ3n) is 2.66. The number of methoxy groups -OCH3 is 1. The first-order valence-electron chi connectivity index (χ1n) is 6.38. The van der Waals surface area contributed by atoms with Crippen molar-refractivity contribution in [2.45, 2.75) is 6.54 Å². The highest BCUT2D eigenvalue weighted by Gasteiger charge is 1.98. The summed E-state index contributed by atoms with van der Waals surface area (Å²) in [6, 6.07) is 7.87. The molecule has 5 heteroatoms. The number of nitrogens with one attached hydrogen (secondary N) is 1. The van der Waals surface area contributed by atoms with Crippen molar-refractivity contribution in [1.82, 2.24) is 15.3 Å². The maximum absolute atomic E-state index is 5.36. The van der Waals surface area contributed by atoms with Crippen LogP contribution in [0.3, 0.4) is 0 Å². The van der Waals surface area contributed by atoms with Crippen LogP contribution < -0.4 is 5.32 Å². The fourth-order valence-electron chi connectivity index (χ4n) is 1.69. The lowest BCUT2D eigenvalue weighted by Crippen LogP contribution is -2.20. The number of benzene rings is 1. The molecule has 0 radical (unpaired) electrons. The Morgan fingerprint density at radius 1 is 1.11 bits per heavy atom. The summed E-state index contributed by atoms with van der Waals surface area (Å²) >= 11 is 0. The van der Waals surface area contributed by atoms with E-state index in [9.17, 15) is 0 Å². The molecule has 0 aliphatic heterocycles. The summed E-state index contributed by atoms with van der Waals surface area (Å²) in [7, 11) is 1.67. The van der Waals surface area contributed by atoms with E-state index in [1.165, 1.54) is 0 Å². The SMILES string of the molecule is COCCOCCNCc1cnc2ccccc2n1. The second-order valence-electron chi connectivity index (χ2n) is 4.13. The molecule has 1 heterocycles. The Kier molecular flexibility index (Phi) is 5.68. The van der Waals surface area contributed by atoms with E-state index < -0.39 is 0 Å². The lowest BCUT2D eigenvalue weighted by atomic mass is 10.3. The van der Waals surface area contributed by atoms with Gasteiger partial charge in [0.15, 0.2) is 0 Å². The van der Waals surface area contributed by atoms with Crippen molar-refractivity contribution in [3.05, 3.63) is 36.2 Å². The van der Waals surface area contributed by atoms with Gasteiger partial charge in [-0.25, -0.2) is 4.98 Å². The largest absolute Gasteiger partial charge is 0.382 e. The molecule has 2 aromatic rings. The zero-order chi connectivity index (χ0) is 13.3. The van der Waals surface area contributed by atoms with Crippen LogP contribution >= 0.6 is 0 Å². The Labute approximate surface area is 113 Å². The molecule has 1 aromatic heterocycles. The van der Waals surface area contributed by atoms with Gasteiger partial charge in [-0.05, 0) is 12.1 Å². The van der Waals surface area contributed by atoms with E-state index in [0.29, 0.717) is 26.4 Å². The Hall–Kier alpha value is -1.56. The predicted octanol–water partition coefficient (Wildman–Crippen LogP) is 1.38. The van der Waals surface area contributed by atoms with E-state index in [4.69, 9.17) is 9.47 Å². The molecule has 0 saturated heterocycles. The van der Waals surface area contributed by atoms with E-state index in [2.05, 4.69) is 15.3 Å². The third-order valence-corrected chi connectivity index (χ3v) is 2.66. The molecular weight excluding hydrogens is 242 g/mol. The average molecular weight is 261 g/mol. The summed E-state index contributed by atoms with van der Waals surface area (Å²) in [4.78, 5) is 8.91. The molecule has 1 N–H and O–H groups in total. The van der Waals surface area contributed by atoms with E-state index in [-0.39, 0.29) is 0 Å². The van der Waals surface area contributed by atoms with Gasteiger partial charge in [0.05, 0.1) is 42.7 Å². The van der Waals surface area contributed by atoms with Gasteiger partial charge in [-0.15, -0.1) is 0 Å². The minimum Gasteiger partial charge on any atom is -0.382 e. The topological polar surface area (TPSA) is 56.3 Å². The van der Waals surface area contributed by atoms with Crippen LogP contribution in [0.25, 0.3) is 11.0 Å². The van der Waals surface area contributed by atoms with Crippen LogP contribution in [0.15, 0.2) is 30.5 Å². The minimum absolute atomic E-state index is 0.633. The Morgan fingerprint density at radius 2 is 1.95 bits per heavy atom. The highest BCUT2D eigenvalue weighted by Crippen LogP contribution is 2.07. The van der Waals surface area contributed by atoms with Crippen LogP contribution in [0.5, 0.6) is 0 Å². The number of para-hydroxylation sites is 2. The molecule has 0 fully saturated rings. The molecule has 0 spiro atoms. The number of nitrogens with zero attached hydrogens (tertiary/aromatic N) is 2. The van der Waals surface area contributed by atoms with Gasteiger partial charge in [0.1, 0.15) is 0 Å². The molecule has 19 heavy (non-hydrogen) atoms. The quantitative estimate of drug-likeness (QED) is 0.728. The van der Waals surface area contributed by atoms with Gasteiger partial charge in [-0.2, -0.15) is 0 Å². The number of ether oxygens (including phenoxy) is 2. The van der Waals surface area contributed by atoms with Gasteiger partial charge in [0.25, 0.3) is 0 Å². The number of hydrogen-bond acceptors (Lipinski definition) is 5. The van der Waals surface area contributed by atoms with Crippen molar-refractivity contribution < 1.29 is 9.47 Å². The van der Waals surface area contributed by atoms with Crippen molar-refractivity contribution in [2.24, 2.45) is 0 Å². The maximum Gasteiger partial charge on any atom is 0.0890 e. The predicted molar refractivity (Wildman–Crippen MR) is 73.9 cm³/mol. The fraction of sp³-hybridized carbons (Fsp3) is 0.429. The highest BCUT2D eigenvalue weighted by molar-refractivity contribution is 5.73. The van der Waals surface area contributed by atoms with Crippen molar-refractivity contribution in [2.75, 3.05) is 33.5 Å². The summed E-state index contributed by atoms with van der Waals surface area (Å²) in [6.07, 6.45) is 1.81. The molecule has 5 nitrogen and oxygen atoms in total. The molecule has 1 aromatic carbocycles. The molecule has 0 atom stereocenters. The Balaban J connectivity index is 1.72. The van der Waals surface area contributed by atoms with Crippen LogP contribution in [0.1, 0.15) is 5.69 Å². The molecule has 0 aliphatic rings. The second-order valence-corrected chi connectivity index (χ2v) is 4.13. The first kappa shape index (κ1) is 13.9. The van der Waals surface area contributed by atoms with E-state index >= 15 is 0 Å². The van der Waals surface area contributed by atoms with Gasteiger partial charge in [0, 0.05) is 20.2 Å². The van der Waals surface area contributed by atoms with Gasteiger partial charge < -0.3 is 14.8 Å². The van der Waals surface area contributed by atoms with Gasteiger partial charge in [0.2, 0.25) is 0 Å². The smallest absolute Gasteiger partial charge is 0.0890 e. The zero-order valence-corrected chi connectivity index (χ0v) is 11.1. The standard InChI is InChI=1S/C14H19N3O2/c1-18-8-9-19-7-6-15-10-12-11-16-13-4-2-3-5-14(13)17-12/h2-5,11,15H,6-10H2,1H3. The van der Waals surface area contributed by atoms with Gasteiger partial charge in [-0.3, -0.25) is 4.98 Å². The van der Waals surface area contributed by atoms with E-state index in [0.717, 1.165) is 23.3 Å². The number of aromatic nitrogens is 2. The first-order valence-corrected chi connectivity index (χ1v) is 6.38. The van der Waals surface area contributed by atoms with Crippen LogP contribution in [0.4, 0.5) is 0 Å². The normalized spacial score (nSPS) is 11.0. The fourth-order valence-corrected chi connectivity index (χ4v) is 1.69. The lowest BCUT2D eigenvalue weighted by Gasteiger charge is -2.06. The van der Waals surface area contributed by atoms with Gasteiger partial charge >= 0.3 is 0 Å². The number of fused-ring (bicyclic) bond motifs is 1. The van der Waals surface area contributed by atoms with Crippen LogP contribution in [0, 0.1) is 0 Å². The molecule has 102 valence electrons. The van der Waals surface area contributed by atoms with Crippen molar-refractivity contribution in [3.8, 4) is 0 Å². The second kappa shape index (κ2) is 7.78. The van der Waals surface area contributed by atoms with E-state index in [1.807, 2.05) is 24.3 Å². The average Bonchev–Trinajstić information content (AvgIpc) is 2.46. The number of hydrogen-bond donors (Lipinski definition) is 1. The molecule has 0 saturated carbocycles. The highest BCUT2D eigenvalue weighted by atomic mass is 16.5. The lowest BCUT2D eigenvalue weighted by molar-refractivity contribution is 0.0719. The van der Waals surface area contributed by atoms with Crippen molar-refractivity contribution in [3.63, 3.8) is 0 Å². The summed E-state index contributed by atoms with van der Waals surface area (Å²) in [5.74, 6) is 0. The van der Waals surface area contributed by atoms with Crippen molar-refractivity contribution >= 4 is 11.0 Å². The monoisotopic (exact) mass is 261 g/mol. The first-order chi connectivity index (χ1) is 9.40. The summed E-state index contributed by atoms with van der Waals surface area (Å²) in [6.45, 7) is 3.43. The number of rotatable bonds is 8. The molecular formula is C14H19N3O2. The minimum atomic E-state index is 0.633. The molecule has 0 unspecified atom stereocenters. The summed E-state index contributed by atoms with van der Waals surface area (Å²) in [5, 5.41) is 3.27. The Bertz CT molecular complexity index is 505. The summed E-state index contributed by atoms with van der Waals surface area (Å²) in [5.41, 5.74) is 2.79.